The second-order valence-electron chi connectivity index (χ2n) is 9.67. The van der Waals surface area contributed by atoms with Crippen LogP contribution in [0.2, 0.25) is 0 Å². The van der Waals surface area contributed by atoms with Gasteiger partial charge >= 0.3 is 0 Å². The Labute approximate surface area is 210 Å². The summed E-state index contributed by atoms with van der Waals surface area (Å²) in [5.41, 5.74) is 11.6. The first-order chi connectivity index (χ1) is 16.9. The van der Waals surface area contributed by atoms with Gasteiger partial charge in [0.1, 0.15) is 0 Å². The Balaban J connectivity index is 1.57. The number of benzene rings is 2. The lowest BCUT2D eigenvalue weighted by Crippen LogP contribution is -2.36. The van der Waals surface area contributed by atoms with Crippen molar-refractivity contribution in [2.45, 2.75) is 31.7 Å². The fraction of sp³-hybridized carbons (Fsp3) is 0.444. The Morgan fingerprint density at radius 2 is 1.97 bits per heavy atom. The van der Waals surface area contributed by atoms with Crippen LogP contribution < -0.4 is 11.1 Å². The van der Waals surface area contributed by atoms with Crippen LogP contribution in [0.15, 0.2) is 42.6 Å². The highest BCUT2D eigenvalue weighted by Gasteiger charge is 2.26. The number of nitrogens with zero attached hydrogens (tertiary/aromatic N) is 2. The molecule has 0 aliphatic carbocycles. The summed E-state index contributed by atoms with van der Waals surface area (Å²) in [6.07, 6.45) is 4.86. The van der Waals surface area contributed by atoms with Gasteiger partial charge in [-0.3, -0.25) is 4.79 Å². The summed E-state index contributed by atoms with van der Waals surface area (Å²) in [6, 6.07) is 12.4. The van der Waals surface area contributed by atoms with Gasteiger partial charge in [-0.2, -0.15) is 0 Å². The van der Waals surface area contributed by atoms with Crippen molar-refractivity contribution < 1.29 is 9.00 Å². The number of nitrogens with one attached hydrogen (secondary N) is 2. The molecule has 7 nitrogen and oxygen atoms in total. The molecule has 8 heteroatoms. The molecule has 35 heavy (non-hydrogen) atoms. The van der Waals surface area contributed by atoms with Gasteiger partial charge in [-0.1, -0.05) is 18.2 Å². The van der Waals surface area contributed by atoms with Gasteiger partial charge in [-0.25, -0.2) is 8.51 Å². The molecule has 1 amide bonds. The molecule has 1 aliphatic heterocycles. The van der Waals surface area contributed by atoms with E-state index in [4.69, 9.17) is 5.73 Å². The van der Waals surface area contributed by atoms with Crippen LogP contribution in [0.5, 0.6) is 0 Å². The van der Waals surface area contributed by atoms with Crippen molar-refractivity contribution in [1.29, 1.82) is 0 Å². The average Bonchev–Trinajstić information content (AvgIpc) is 3.27. The maximum atomic E-state index is 12.7. The molecule has 1 atom stereocenters. The van der Waals surface area contributed by atoms with Gasteiger partial charge in [0.15, 0.2) is 0 Å². The lowest BCUT2D eigenvalue weighted by molar-refractivity contribution is 0.100. The quantitative estimate of drug-likeness (QED) is 0.402. The Bertz CT molecular complexity index is 1200. The van der Waals surface area contributed by atoms with E-state index in [-0.39, 0.29) is 0 Å². The second kappa shape index (κ2) is 11.5. The minimum absolute atomic E-state index is 0.352. The molecule has 2 heterocycles. The lowest BCUT2D eigenvalue weighted by atomic mass is 9.88. The number of H-pyrrole nitrogens is 1. The van der Waals surface area contributed by atoms with Gasteiger partial charge in [0, 0.05) is 37.0 Å². The summed E-state index contributed by atoms with van der Waals surface area (Å²) < 4.78 is 14.9. The predicted octanol–water partition coefficient (Wildman–Crippen LogP) is 3.45. The van der Waals surface area contributed by atoms with Gasteiger partial charge in [0.05, 0.1) is 22.1 Å². The number of aromatic amines is 1. The van der Waals surface area contributed by atoms with Crippen LogP contribution in [-0.4, -0.2) is 70.8 Å². The first-order valence-electron chi connectivity index (χ1n) is 12.3. The van der Waals surface area contributed by atoms with Crippen LogP contribution in [-0.2, 0) is 17.5 Å². The molecular weight excluding hydrogens is 458 g/mol. The normalized spacial score (nSPS) is 16.2. The minimum atomic E-state index is -0.922. The first-order valence-corrected chi connectivity index (χ1v) is 13.6. The maximum absolute atomic E-state index is 12.7. The maximum Gasteiger partial charge on any atom is 0.250 e. The molecule has 4 N–H and O–H groups in total. The monoisotopic (exact) mass is 495 g/mol. The van der Waals surface area contributed by atoms with Crippen LogP contribution >= 0.6 is 0 Å². The van der Waals surface area contributed by atoms with Crippen molar-refractivity contribution in [3.63, 3.8) is 0 Å². The number of nitrogens with two attached hydrogens (primary N) is 1. The van der Waals surface area contributed by atoms with Crippen molar-refractivity contribution in [3.05, 3.63) is 59.3 Å². The van der Waals surface area contributed by atoms with Crippen LogP contribution in [0.1, 0.15) is 46.7 Å². The number of rotatable bonds is 10. The van der Waals surface area contributed by atoms with Gasteiger partial charge in [-0.15, -0.1) is 0 Å². The van der Waals surface area contributed by atoms with E-state index >= 15 is 0 Å². The Morgan fingerprint density at radius 3 is 2.66 bits per heavy atom. The lowest BCUT2D eigenvalue weighted by Gasteiger charge is -2.31. The molecule has 188 valence electrons. The third kappa shape index (κ3) is 6.01. The van der Waals surface area contributed by atoms with Crippen LogP contribution in [0.25, 0.3) is 22.0 Å². The number of carbonyl (C=O) groups is 1. The second-order valence-corrected chi connectivity index (χ2v) is 11.2. The molecule has 3 aromatic rings. The summed E-state index contributed by atoms with van der Waals surface area (Å²) in [5.74, 6) is 0.637. The van der Waals surface area contributed by atoms with Crippen molar-refractivity contribution in [2.75, 3.05) is 46.5 Å². The number of amides is 1. The minimum Gasteiger partial charge on any atom is -0.366 e. The number of carbonyl (C=O) groups excluding carboxylic acids is 1. The highest BCUT2D eigenvalue weighted by molar-refractivity contribution is 7.82. The van der Waals surface area contributed by atoms with E-state index in [2.05, 4.69) is 43.8 Å². The van der Waals surface area contributed by atoms with Gasteiger partial charge < -0.3 is 20.9 Å². The molecule has 0 bridgehead atoms. The fourth-order valence-corrected chi connectivity index (χ4v) is 6.27. The highest BCUT2D eigenvalue weighted by Crippen LogP contribution is 2.37. The third-order valence-corrected chi connectivity index (χ3v) is 8.41. The van der Waals surface area contributed by atoms with Gasteiger partial charge in [0.25, 0.3) is 5.91 Å². The van der Waals surface area contributed by atoms with Crippen LogP contribution in [0.3, 0.4) is 0 Å². The summed E-state index contributed by atoms with van der Waals surface area (Å²) in [6.45, 7) is 3.38. The van der Waals surface area contributed by atoms with E-state index in [9.17, 15) is 9.00 Å². The molecule has 1 saturated heterocycles. The van der Waals surface area contributed by atoms with E-state index in [1.165, 1.54) is 11.1 Å². The van der Waals surface area contributed by atoms with Crippen molar-refractivity contribution in [1.82, 2.24) is 19.5 Å². The number of hydrogen-bond acceptors (Lipinski definition) is 4. The van der Waals surface area contributed by atoms with E-state index in [1.807, 2.05) is 39.5 Å². The fourth-order valence-electron chi connectivity index (χ4n) is 5.02. The summed E-state index contributed by atoms with van der Waals surface area (Å²) in [7, 11) is 5.10. The molecule has 2 aromatic carbocycles. The first kappa shape index (κ1) is 25.6. The molecule has 0 saturated carbocycles. The molecular formula is C27H37N5O2S. The van der Waals surface area contributed by atoms with E-state index < -0.39 is 16.9 Å². The molecule has 1 fully saturated rings. The van der Waals surface area contributed by atoms with E-state index in [0.717, 1.165) is 67.5 Å². The Hall–Kier alpha value is -2.52. The summed E-state index contributed by atoms with van der Waals surface area (Å²) in [5, 5.41) is 4.25. The van der Waals surface area contributed by atoms with Crippen LogP contribution in [0.4, 0.5) is 0 Å². The summed E-state index contributed by atoms with van der Waals surface area (Å²) in [4.78, 5) is 17.8. The zero-order valence-electron chi connectivity index (χ0n) is 21.0. The van der Waals surface area contributed by atoms with E-state index in [0.29, 0.717) is 17.2 Å². The molecule has 1 unspecified atom stereocenters. The topological polar surface area (TPSA) is 94.5 Å². The number of piperidine rings is 1. The van der Waals surface area contributed by atoms with Gasteiger partial charge in [0.2, 0.25) is 0 Å². The van der Waals surface area contributed by atoms with E-state index in [1.54, 1.807) is 0 Å². The number of fused-ring (bicyclic) bond motifs is 1. The largest absolute Gasteiger partial charge is 0.366 e. The van der Waals surface area contributed by atoms with Gasteiger partial charge in [-0.05, 0) is 93.3 Å². The molecule has 1 aliphatic rings. The predicted molar refractivity (Wildman–Crippen MR) is 145 cm³/mol. The van der Waals surface area contributed by atoms with Crippen molar-refractivity contribution >= 4 is 27.8 Å². The number of primary amides is 1. The standard InChI is InChI=1S/C27H37N5O2S/c1-29-17-19-6-4-7-21(14-19)22-15-23-25(18-30-26(23)24(16-22)27(28)33)20-8-11-32(12-9-20)35(34)13-5-10-31(2)3/h4,6-7,14-16,18,20,29-30H,5,8-13,17H2,1-3H3,(H2,28,33). The Morgan fingerprint density at radius 1 is 1.20 bits per heavy atom. The molecule has 0 radical (unpaired) electrons. The zero-order valence-corrected chi connectivity index (χ0v) is 21.8. The van der Waals surface area contributed by atoms with Crippen molar-refractivity contribution in [2.24, 2.45) is 5.73 Å². The highest BCUT2D eigenvalue weighted by atomic mass is 32.2. The van der Waals surface area contributed by atoms with Crippen molar-refractivity contribution in [3.8, 4) is 11.1 Å². The number of aromatic nitrogens is 1. The van der Waals surface area contributed by atoms with Crippen LogP contribution in [0, 0.1) is 0 Å². The number of hydrogen-bond donors (Lipinski definition) is 3. The Kier molecular flexibility index (Phi) is 8.38. The molecule has 0 spiro atoms. The smallest absolute Gasteiger partial charge is 0.250 e. The molecule has 1 aromatic heterocycles. The SMILES string of the molecule is CNCc1cccc(-c2cc(C(N)=O)c3[nH]cc(C4CCN(S(=O)CCCN(C)C)CC4)c3c2)c1. The summed E-state index contributed by atoms with van der Waals surface area (Å²) >= 11 is 0. The third-order valence-electron chi connectivity index (χ3n) is 6.83. The average molecular weight is 496 g/mol. The zero-order chi connectivity index (χ0) is 24.9. The molecule has 4 rings (SSSR count).